The molecule has 0 aliphatic carbocycles. The SMILES string of the molecule is COC(=O)c1cc(=O)c2c(O)cc(OCC#Cc3ccncc3)cc2o1. The molecule has 0 aliphatic rings. The first-order valence-corrected chi connectivity index (χ1v) is 7.49. The molecule has 3 aromatic rings. The monoisotopic (exact) mass is 351 g/mol. The molecule has 0 atom stereocenters. The van der Waals surface area contributed by atoms with Crippen LogP contribution >= 0.6 is 0 Å². The second-order valence-electron chi connectivity index (χ2n) is 5.11. The lowest BCUT2D eigenvalue weighted by Crippen LogP contribution is -2.08. The number of pyridine rings is 1. The van der Waals surface area contributed by atoms with Crippen molar-refractivity contribution in [3.05, 3.63) is 64.3 Å². The van der Waals surface area contributed by atoms with Crippen molar-refractivity contribution in [2.75, 3.05) is 13.7 Å². The molecule has 26 heavy (non-hydrogen) atoms. The van der Waals surface area contributed by atoms with Gasteiger partial charge in [-0.3, -0.25) is 9.78 Å². The number of nitrogens with zero attached hydrogens (tertiary/aromatic N) is 1. The highest BCUT2D eigenvalue weighted by molar-refractivity contribution is 5.91. The van der Waals surface area contributed by atoms with Gasteiger partial charge in [-0.25, -0.2) is 4.79 Å². The molecule has 0 saturated carbocycles. The predicted octanol–water partition coefficient (Wildman–Crippen LogP) is 2.11. The van der Waals surface area contributed by atoms with Gasteiger partial charge in [0.15, 0.2) is 5.43 Å². The highest BCUT2D eigenvalue weighted by Crippen LogP contribution is 2.28. The van der Waals surface area contributed by atoms with E-state index < -0.39 is 11.4 Å². The number of carbonyl (C=O) groups is 1. The van der Waals surface area contributed by atoms with Crippen LogP contribution in [0, 0.1) is 11.8 Å². The number of ether oxygens (including phenoxy) is 2. The lowest BCUT2D eigenvalue weighted by atomic mass is 10.2. The molecule has 0 saturated heterocycles. The summed E-state index contributed by atoms with van der Waals surface area (Å²) in [6, 6.07) is 7.17. The minimum absolute atomic E-state index is 0.00925. The van der Waals surface area contributed by atoms with Gasteiger partial charge in [-0.1, -0.05) is 11.8 Å². The van der Waals surface area contributed by atoms with E-state index in [2.05, 4.69) is 21.6 Å². The molecule has 1 N–H and O–H groups in total. The van der Waals surface area contributed by atoms with Crippen LogP contribution < -0.4 is 10.2 Å². The summed E-state index contributed by atoms with van der Waals surface area (Å²) in [5, 5.41) is 10.0. The first-order chi connectivity index (χ1) is 12.6. The number of esters is 1. The van der Waals surface area contributed by atoms with E-state index in [4.69, 9.17) is 9.15 Å². The number of aromatic nitrogens is 1. The Morgan fingerprint density at radius 1 is 1.27 bits per heavy atom. The van der Waals surface area contributed by atoms with Gasteiger partial charge < -0.3 is 19.0 Å². The van der Waals surface area contributed by atoms with Crippen molar-refractivity contribution in [2.24, 2.45) is 0 Å². The Kier molecular flexibility index (Phi) is 4.85. The molecule has 7 heteroatoms. The fourth-order valence-electron chi connectivity index (χ4n) is 2.22. The zero-order valence-electron chi connectivity index (χ0n) is 13.7. The standard InChI is InChI=1S/C19H13NO6/c1-24-19(23)17-11-15(22)18-14(21)9-13(10-16(18)26-17)25-8-2-3-12-4-6-20-7-5-12/h4-7,9-11,21H,8H2,1H3. The van der Waals surface area contributed by atoms with Crippen molar-refractivity contribution in [1.82, 2.24) is 4.98 Å². The molecule has 0 fully saturated rings. The second kappa shape index (κ2) is 7.40. The summed E-state index contributed by atoms with van der Waals surface area (Å²) in [6.07, 6.45) is 3.26. The van der Waals surface area contributed by atoms with E-state index in [1.54, 1.807) is 24.5 Å². The molecular weight excluding hydrogens is 338 g/mol. The average Bonchev–Trinajstić information content (AvgIpc) is 2.64. The molecule has 0 amide bonds. The predicted molar refractivity (Wildman–Crippen MR) is 92.1 cm³/mol. The van der Waals surface area contributed by atoms with Crippen molar-refractivity contribution < 1.29 is 23.8 Å². The average molecular weight is 351 g/mol. The maximum atomic E-state index is 12.1. The summed E-state index contributed by atoms with van der Waals surface area (Å²) in [5.41, 5.74) is 0.238. The third-order valence-electron chi connectivity index (χ3n) is 3.39. The zero-order valence-corrected chi connectivity index (χ0v) is 13.7. The van der Waals surface area contributed by atoms with Gasteiger partial charge in [-0.05, 0) is 12.1 Å². The van der Waals surface area contributed by atoms with E-state index >= 15 is 0 Å². The van der Waals surface area contributed by atoms with E-state index in [9.17, 15) is 14.7 Å². The largest absolute Gasteiger partial charge is 0.507 e. The zero-order chi connectivity index (χ0) is 18.5. The van der Waals surface area contributed by atoms with Crippen LogP contribution in [0.25, 0.3) is 11.0 Å². The molecule has 0 unspecified atom stereocenters. The molecule has 7 nitrogen and oxygen atoms in total. The minimum Gasteiger partial charge on any atom is -0.507 e. The fraction of sp³-hybridized carbons (Fsp3) is 0.105. The fourth-order valence-corrected chi connectivity index (χ4v) is 2.22. The van der Waals surface area contributed by atoms with Crippen LogP contribution in [0.5, 0.6) is 11.5 Å². The van der Waals surface area contributed by atoms with Crippen LogP contribution in [0.15, 0.2) is 51.9 Å². The molecule has 0 radical (unpaired) electrons. The molecular formula is C19H13NO6. The number of fused-ring (bicyclic) bond motifs is 1. The number of hydrogen-bond donors (Lipinski definition) is 1. The van der Waals surface area contributed by atoms with Gasteiger partial charge in [0.1, 0.15) is 29.1 Å². The smallest absolute Gasteiger partial charge is 0.374 e. The summed E-state index contributed by atoms with van der Waals surface area (Å²) < 4.78 is 15.3. The summed E-state index contributed by atoms with van der Waals surface area (Å²) in [5.74, 6) is 4.58. The number of carbonyl (C=O) groups excluding carboxylic acids is 1. The van der Waals surface area contributed by atoms with E-state index in [0.29, 0.717) is 0 Å². The van der Waals surface area contributed by atoms with Gasteiger partial charge in [0, 0.05) is 36.2 Å². The van der Waals surface area contributed by atoms with Crippen LogP contribution in [-0.4, -0.2) is 29.8 Å². The first-order valence-electron chi connectivity index (χ1n) is 7.49. The summed E-state index contributed by atoms with van der Waals surface area (Å²) in [4.78, 5) is 27.5. The number of rotatable bonds is 3. The Morgan fingerprint density at radius 3 is 2.77 bits per heavy atom. The van der Waals surface area contributed by atoms with Gasteiger partial charge in [-0.15, -0.1) is 0 Å². The maximum absolute atomic E-state index is 12.1. The Morgan fingerprint density at radius 2 is 2.04 bits per heavy atom. The van der Waals surface area contributed by atoms with Gasteiger partial charge in [0.25, 0.3) is 0 Å². The molecule has 1 aromatic carbocycles. The first kappa shape index (κ1) is 17.0. The molecule has 0 aliphatic heterocycles. The maximum Gasteiger partial charge on any atom is 0.374 e. The molecule has 0 bridgehead atoms. The third kappa shape index (κ3) is 3.65. The Bertz CT molecular complexity index is 1080. The lowest BCUT2D eigenvalue weighted by molar-refractivity contribution is 0.0565. The normalized spacial score (nSPS) is 10.0. The lowest BCUT2D eigenvalue weighted by Gasteiger charge is -2.06. The molecule has 2 aromatic heterocycles. The Balaban J connectivity index is 1.87. The number of aromatic hydroxyl groups is 1. The summed E-state index contributed by atoms with van der Waals surface area (Å²) in [6.45, 7) is 0.0498. The molecule has 2 heterocycles. The quantitative estimate of drug-likeness (QED) is 0.570. The number of phenols is 1. The van der Waals surface area contributed by atoms with E-state index in [-0.39, 0.29) is 34.8 Å². The van der Waals surface area contributed by atoms with Crippen LogP contribution in [0.4, 0.5) is 0 Å². The van der Waals surface area contributed by atoms with Crippen molar-refractivity contribution >= 4 is 16.9 Å². The third-order valence-corrected chi connectivity index (χ3v) is 3.39. The number of methoxy groups -OCH3 is 1. The van der Waals surface area contributed by atoms with E-state index in [1.807, 2.05) is 0 Å². The molecule has 3 rings (SSSR count). The van der Waals surface area contributed by atoms with Crippen molar-refractivity contribution in [3.8, 4) is 23.3 Å². The Hall–Kier alpha value is -3.79. The van der Waals surface area contributed by atoms with Gasteiger partial charge >= 0.3 is 5.97 Å². The van der Waals surface area contributed by atoms with Crippen LogP contribution in [0.3, 0.4) is 0 Å². The number of hydrogen-bond acceptors (Lipinski definition) is 7. The summed E-state index contributed by atoms with van der Waals surface area (Å²) >= 11 is 0. The van der Waals surface area contributed by atoms with E-state index in [1.165, 1.54) is 19.2 Å². The van der Waals surface area contributed by atoms with Gasteiger partial charge in [-0.2, -0.15) is 0 Å². The number of benzene rings is 1. The van der Waals surface area contributed by atoms with Crippen molar-refractivity contribution in [3.63, 3.8) is 0 Å². The number of phenolic OH excluding ortho intramolecular Hbond substituents is 1. The molecule has 130 valence electrons. The van der Waals surface area contributed by atoms with Crippen molar-refractivity contribution in [1.29, 1.82) is 0 Å². The highest BCUT2D eigenvalue weighted by Gasteiger charge is 2.16. The van der Waals surface area contributed by atoms with Crippen LogP contribution in [-0.2, 0) is 4.74 Å². The highest BCUT2D eigenvalue weighted by atomic mass is 16.5. The minimum atomic E-state index is -0.793. The van der Waals surface area contributed by atoms with Gasteiger partial charge in [0.05, 0.1) is 7.11 Å². The summed E-state index contributed by atoms with van der Waals surface area (Å²) in [7, 11) is 1.17. The topological polar surface area (TPSA) is 98.9 Å². The second-order valence-corrected chi connectivity index (χ2v) is 5.11. The molecule has 0 spiro atoms. The van der Waals surface area contributed by atoms with Crippen molar-refractivity contribution in [2.45, 2.75) is 0 Å². The van der Waals surface area contributed by atoms with E-state index in [0.717, 1.165) is 11.6 Å². The van der Waals surface area contributed by atoms with Crippen LogP contribution in [0.1, 0.15) is 16.1 Å². The van der Waals surface area contributed by atoms with Gasteiger partial charge in [0.2, 0.25) is 5.76 Å². The van der Waals surface area contributed by atoms with Crippen LogP contribution in [0.2, 0.25) is 0 Å². The Labute approximate surface area is 147 Å².